The highest BCUT2D eigenvalue weighted by Gasteiger charge is 2.00. The lowest BCUT2D eigenvalue weighted by atomic mass is 10.4. The van der Waals surface area contributed by atoms with Crippen LogP contribution in [0.25, 0.3) is 0 Å². The molecule has 0 radical (unpaired) electrons. The summed E-state index contributed by atoms with van der Waals surface area (Å²) in [4.78, 5) is 1.08. The number of rotatable bonds is 2. The number of nitrogens with zero attached hydrogens (tertiary/aromatic N) is 1. The summed E-state index contributed by atoms with van der Waals surface area (Å²) in [5, 5.41) is 9.27. The summed E-state index contributed by atoms with van der Waals surface area (Å²) in [6.07, 6.45) is 0. The minimum Gasteiger partial charge on any atom is -0.197 e. The predicted octanol–water partition coefficient (Wildman–Crippen LogP) is 3.34. The van der Waals surface area contributed by atoms with Crippen LogP contribution >= 0.6 is 23.4 Å². The quantitative estimate of drug-likeness (QED) is 0.679. The minimum absolute atomic E-state index is 0.00817. The Hall–Kier alpha value is -0.650. The van der Waals surface area contributed by atoms with Gasteiger partial charge in [-0.3, -0.25) is 0 Å². The molecule has 0 saturated carbocycles. The van der Waals surface area contributed by atoms with Crippen LogP contribution in [0.2, 0.25) is 5.02 Å². The molecule has 0 amide bonds. The largest absolute Gasteiger partial charge is 0.197 e. The van der Waals surface area contributed by atoms with Gasteiger partial charge in [-0.25, -0.2) is 0 Å². The fourth-order valence-corrected chi connectivity index (χ4v) is 1.62. The molecule has 0 fully saturated rings. The smallest absolute Gasteiger partial charge is 0.0935 e. The van der Waals surface area contributed by atoms with Crippen LogP contribution in [0.4, 0.5) is 0 Å². The second-order valence-electron chi connectivity index (χ2n) is 2.34. The van der Waals surface area contributed by atoms with Crippen molar-refractivity contribution in [2.75, 3.05) is 0 Å². The summed E-state index contributed by atoms with van der Waals surface area (Å²) >= 11 is 7.24. The molecule has 0 N–H and O–H groups in total. The van der Waals surface area contributed by atoms with Gasteiger partial charge in [-0.2, -0.15) is 5.26 Å². The first-order valence-corrected chi connectivity index (χ1v) is 4.80. The molecule has 0 aliphatic heterocycles. The third-order valence-electron chi connectivity index (χ3n) is 1.31. The normalized spacial score (nSPS) is 12.1. The Morgan fingerprint density at radius 2 is 2.00 bits per heavy atom. The Balaban J connectivity index is 2.66. The van der Waals surface area contributed by atoms with E-state index >= 15 is 0 Å². The molecule has 1 nitrogen and oxygen atoms in total. The summed E-state index contributed by atoms with van der Waals surface area (Å²) < 4.78 is 0. The fraction of sp³-hybridized carbons (Fsp3) is 0.222. The van der Waals surface area contributed by atoms with E-state index in [1.54, 1.807) is 0 Å². The van der Waals surface area contributed by atoms with Gasteiger partial charge in [-0.1, -0.05) is 11.6 Å². The predicted molar refractivity (Wildman–Crippen MR) is 52.4 cm³/mol. The molecule has 0 bridgehead atoms. The maximum Gasteiger partial charge on any atom is 0.0935 e. The molecule has 1 rings (SSSR count). The van der Waals surface area contributed by atoms with E-state index in [1.165, 1.54) is 11.8 Å². The third-order valence-corrected chi connectivity index (χ3v) is 2.56. The maximum atomic E-state index is 8.55. The molecule has 0 aromatic heterocycles. The SMILES string of the molecule is CC(C#N)Sc1ccc(Cl)cc1. The molecule has 0 heterocycles. The third kappa shape index (κ3) is 2.77. The van der Waals surface area contributed by atoms with Crippen LogP contribution in [-0.2, 0) is 0 Å². The zero-order valence-electron chi connectivity index (χ0n) is 6.62. The number of hydrogen-bond donors (Lipinski definition) is 0. The zero-order valence-corrected chi connectivity index (χ0v) is 8.19. The molecule has 1 atom stereocenters. The van der Waals surface area contributed by atoms with E-state index < -0.39 is 0 Å². The molecule has 0 spiro atoms. The summed E-state index contributed by atoms with van der Waals surface area (Å²) in [5.41, 5.74) is 0. The van der Waals surface area contributed by atoms with Gasteiger partial charge in [0.15, 0.2) is 0 Å². The molecule has 0 aliphatic carbocycles. The Morgan fingerprint density at radius 3 is 2.50 bits per heavy atom. The van der Waals surface area contributed by atoms with Crippen LogP contribution in [0.3, 0.4) is 0 Å². The lowest BCUT2D eigenvalue weighted by Crippen LogP contribution is -1.88. The van der Waals surface area contributed by atoms with Crippen LogP contribution in [0, 0.1) is 11.3 Å². The average molecular weight is 198 g/mol. The Kier molecular flexibility index (Phi) is 3.46. The second kappa shape index (κ2) is 4.39. The van der Waals surface area contributed by atoms with E-state index in [4.69, 9.17) is 16.9 Å². The van der Waals surface area contributed by atoms with Gasteiger partial charge in [-0.15, -0.1) is 11.8 Å². The Bertz CT molecular complexity index is 288. The van der Waals surface area contributed by atoms with E-state index in [1.807, 2.05) is 31.2 Å². The highest BCUT2D eigenvalue weighted by Crippen LogP contribution is 2.23. The Labute approximate surface area is 81.3 Å². The van der Waals surface area contributed by atoms with Gasteiger partial charge < -0.3 is 0 Å². The standard InChI is InChI=1S/C9H8ClNS/c1-7(6-11)12-9-4-2-8(10)3-5-9/h2-5,7H,1H3. The fourth-order valence-electron chi connectivity index (χ4n) is 0.744. The summed E-state index contributed by atoms with van der Waals surface area (Å²) in [6.45, 7) is 1.87. The first-order chi connectivity index (χ1) is 5.72. The van der Waals surface area contributed by atoms with Crippen molar-refractivity contribution in [3.8, 4) is 6.07 Å². The highest BCUT2D eigenvalue weighted by atomic mass is 35.5. The van der Waals surface area contributed by atoms with Gasteiger partial charge >= 0.3 is 0 Å². The summed E-state index contributed by atoms with van der Waals surface area (Å²) in [7, 11) is 0. The van der Waals surface area contributed by atoms with Gasteiger partial charge in [0, 0.05) is 9.92 Å². The molecule has 1 aromatic rings. The number of nitriles is 1. The maximum absolute atomic E-state index is 8.55. The molecule has 3 heteroatoms. The van der Waals surface area contributed by atoms with Crippen molar-refractivity contribution in [2.24, 2.45) is 0 Å². The highest BCUT2D eigenvalue weighted by molar-refractivity contribution is 8.00. The first kappa shape index (κ1) is 9.44. The van der Waals surface area contributed by atoms with Crippen LogP contribution in [0.1, 0.15) is 6.92 Å². The second-order valence-corrected chi connectivity index (χ2v) is 4.19. The molecular formula is C9H8ClNS. The average Bonchev–Trinajstić information content (AvgIpc) is 2.09. The van der Waals surface area contributed by atoms with E-state index in [2.05, 4.69) is 6.07 Å². The molecule has 1 unspecified atom stereocenters. The number of hydrogen-bond acceptors (Lipinski definition) is 2. The lowest BCUT2D eigenvalue weighted by Gasteiger charge is -2.01. The van der Waals surface area contributed by atoms with Gasteiger partial charge in [0.05, 0.1) is 11.3 Å². The first-order valence-electron chi connectivity index (χ1n) is 3.54. The van der Waals surface area contributed by atoms with Crippen molar-refractivity contribution in [2.45, 2.75) is 17.1 Å². The van der Waals surface area contributed by atoms with Gasteiger partial charge in [0.1, 0.15) is 0 Å². The van der Waals surface area contributed by atoms with Crippen molar-refractivity contribution >= 4 is 23.4 Å². The van der Waals surface area contributed by atoms with Crippen molar-refractivity contribution in [3.05, 3.63) is 29.3 Å². The van der Waals surface area contributed by atoms with Gasteiger partial charge in [0.2, 0.25) is 0 Å². The molecule has 0 aliphatic rings. The number of halogens is 1. The van der Waals surface area contributed by atoms with E-state index in [9.17, 15) is 0 Å². The van der Waals surface area contributed by atoms with Crippen LogP contribution in [0.15, 0.2) is 29.2 Å². The molecule has 12 heavy (non-hydrogen) atoms. The van der Waals surface area contributed by atoms with Crippen molar-refractivity contribution in [1.82, 2.24) is 0 Å². The van der Waals surface area contributed by atoms with E-state index in [0.29, 0.717) is 0 Å². The van der Waals surface area contributed by atoms with Crippen molar-refractivity contribution < 1.29 is 0 Å². The Morgan fingerprint density at radius 1 is 1.42 bits per heavy atom. The molecule has 62 valence electrons. The lowest BCUT2D eigenvalue weighted by molar-refractivity contribution is 1.23. The number of thioether (sulfide) groups is 1. The van der Waals surface area contributed by atoms with Crippen molar-refractivity contribution in [1.29, 1.82) is 5.26 Å². The molecule has 1 aromatic carbocycles. The zero-order chi connectivity index (χ0) is 8.97. The molecule has 0 saturated heterocycles. The van der Waals surface area contributed by atoms with E-state index in [0.717, 1.165) is 9.92 Å². The van der Waals surface area contributed by atoms with Crippen molar-refractivity contribution in [3.63, 3.8) is 0 Å². The molecular weight excluding hydrogens is 190 g/mol. The minimum atomic E-state index is -0.00817. The van der Waals surface area contributed by atoms with E-state index in [-0.39, 0.29) is 5.25 Å². The van der Waals surface area contributed by atoms with Crippen LogP contribution in [-0.4, -0.2) is 5.25 Å². The van der Waals surface area contributed by atoms with Gasteiger partial charge in [0.25, 0.3) is 0 Å². The summed E-state index contributed by atoms with van der Waals surface area (Å²) in [6, 6.07) is 9.65. The van der Waals surface area contributed by atoms with Crippen LogP contribution in [0.5, 0.6) is 0 Å². The summed E-state index contributed by atoms with van der Waals surface area (Å²) in [5.74, 6) is 0. The van der Waals surface area contributed by atoms with Crippen LogP contribution < -0.4 is 0 Å². The monoisotopic (exact) mass is 197 g/mol. The number of benzene rings is 1. The van der Waals surface area contributed by atoms with Gasteiger partial charge in [-0.05, 0) is 31.2 Å². The topological polar surface area (TPSA) is 23.8 Å².